The number of carbonyl (C=O) groups is 1. The third-order valence-electron chi connectivity index (χ3n) is 6.06. The van der Waals surface area contributed by atoms with E-state index in [9.17, 15) is 4.79 Å². The van der Waals surface area contributed by atoms with Crippen molar-refractivity contribution in [3.8, 4) is 0 Å². The number of rotatable bonds is 8. The minimum absolute atomic E-state index is 0.113. The van der Waals surface area contributed by atoms with Crippen LogP contribution in [0.15, 0.2) is 63.0 Å². The maximum atomic E-state index is 12.5. The molecule has 1 fully saturated rings. The summed E-state index contributed by atoms with van der Waals surface area (Å²) in [5, 5.41) is 7.33. The quantitative estimate of drug-likeness (QED) is 0.376. The zero-order valence-corrected chi connectivity index (χ0v) is 22.3. The minimum atomic E-state index is -0.113. The first-order valence-corrected chi connectivity index (χ1v) is 13.0. The predicted molar refractivity (Wildman–Crippen MR) is 146 cm³/mol. The lowest BCUT2D eigenvalue weighted by molar-refractivity contribution is 0.0790. The van der Waals surface area contributed by atoms with E-state index in [0.29, 0.717) is 30.7 Å². The number of aliphatic imine (C=N–C) groups is 1. The molecule has 0 saturated heterocycles. The minimum Gasteiger partial charge on any atom is -0.447 e. The van der Waals surface area contributed by atoms with E-state index in [1.54, 1.807) is 11.9 Å². The first-order chi connectivity index (χ1) is 17.4. The number of amidine groups is 1. The van der Waals surface area contributed by atoms with Gasteiger partial charge in [0.1, 0.15) is 12.1 Å². The molecule has 0 unspecified atom stereocenters. The van der Waals surface area contributed by atoms with E-state index >= 15 is 0 Å². The Morgan fingerprint density at radius 3 is 2.67 bits per heavy atom. The molecule has 36 heavy (non-hydrogen) atoms. The van der Waals surface area contributed by atoms with Crippen LogP contribution in [0.4, 0.5) is 0 Å². The van der Waals surface area contributed by atoms with Gasteiger partial charge in [-0.25, -0.2) is 4.98 Å². The number of hydrogen-bond acceptors (Lipinski definition) is 7. The third kappa shape index (κ3) is 7.35. The second-order valence-corrected chi connectivity index (χ2v) is 9.87. The number of thiol groups is 1. The molecular weight excluding hydrogens is 494 g/mol. The van der Waals surface area contributed by atoms with Crippen LogP contribution >= 0.6 is 24.2 Å². The summed E-state index contributed by atoms with van der Waals surface area (Å²) < 4.78 is 5.40. The molecule has 1 saturated carbocycles. The monoisotopic (exact) mass is 525 g/mol. The molecule has 2 aromatic carbocycles. The highest BCUT2D eigenvalue weighted by atomic mass is 35.5. The van der Waals surface area contributed by atoms with Gasteiger partial charge in [-0.3, -0.25) is 9.79 Å². The summed E-state index contributed by atoms with van der Waals surface area (Å²) in [5.41, 5.74) is 3.78. The van der Waals surface area contributed by atoms with Crippen molar-refractivity contribution in [3.05, 3.63) is 82.0 Å². The average Bonchev–Trinajstić information content (AvgIpc) is 3.34. The zero-order valence-electron chi connectivity index (χ0n) is 20.6. The molecule has 3 aromatic rings. The molecule has 2 heterocycles. The second kappa shape index (κ2) is 12.4. The summed E-state index contributed by atoms with van der Waals surface area (Å²) in [5.74, 6) is 1.42. The van der Waals surface area contributed by atoms with Crippen LogP contribution in [0.1, 0.15) is 45.9 Å². The summed E-state index contributed by atoms with van der Waals surface area (Å²) in [4.78, 5) is 23.8. The first-order valence-electron chi connectivity index (χ1n) is 12.2. The normalized spacial score (nSPS) is 14.5. The van der Waals surface area contributed by atoms with Crippen LogP contribution in [0.5, 0.6) is 0 Å². The van der Waals surface area contributed by atoms with Gasteiger partial charge in [-0.05, 0) is 43.4 Å². The number of benzene rings is 2. The number of halogens is 1. The molecule has 190 valence electrons. The molecular formula is C27H32ClN5O2S. The molecule has 1 aliphatic heterocycles. The molecule has 0 bridgehead atoms. The highest BCUT2D eigenvalue weighted by Gasteiger charge is 2.22. The lowest BCUT2D eigenvalue weighted by Crippen LogP contribution is -2.29. The fraction of sp³-hybridized carbons (Fsp3) is 0.370. The molecule has 1 aliphatic carbocycles. The van der Waals surface area contributed by atoms with E-state index in [2.05, 4.69) is 57.5 Å². The molecule has 0 atom stereocenters. The van der Waals surface area contributed by atoms with E-state index < -0.39 is 0 Å². The van der Waals surface area contributed by atoms with E-state index in [-0.39, 0.29) is 5.91 Å². The number of aromatic nitrogens is 1. The van der Waals surface area contributed by atoms with Gasteiger partial charge < -0.3 is 20.0 Å². The number of nitrogens with one attached hydrogen (secondary N) is 2. The standard InChI is InChI=1S/C20H25N5O2.C7H7ClS/c1-25(20(26)17-13-27-18(24-17)12-23-16-6-7-16)11-8-14-2-4-15(5-3-14)19-21-9-10-22-19;1-5-3-2-4-6(8)7(5)9/h2-5,13,16,23H,6-12H2,1H3,(H,21,22);2-4,9H,1H3. The average molecular weight is 526 g/mol. The highest BCUT2D eigenvalue weighted by molar-refractivity contribution is 7.80. The summed E-state index contributed by atoms with van der Waals surface area (Å²) in [7, 11) is 1.80. The number of hydrogen-bond donors (Lipinski definition) is 3. The fourth-order valence-electron chi connectivity index (χ4n) is 3.65. The number of nitrogens with zero attached hydrogens (tertiary/aromatic N) is 3. The van der Waals surface area contributed by atoms with Crippen LogP contribution in [0.25, 0.3) is 0 Å². The Labute approximate surface area is 222 Å². The van der Waals surface area contributed by atoms with Gasteiger partial charge in [0.05, 0.1) is 18.1 Å². The van der Waals surface area contributed by atoms with Gasteiger partial charge in [0.2, 0.25) is 5.89 Å². The number of likely N-dealkylation sites (N-methyl/N-ethyl adjacent to an activating group) is 1. The summed E-state index contributed by atoms with van der Waals surface area (Å²) in [6.45, 7) is 4.93. The number of carbonyl (C=O) groups excluding carboxylic acids is 1. The molecule has 2 aliphatic rings. The molecule has 7 nitrogen and oxygen atoms in total. The van der Waals surface area contributed by atoms with Gasteiger partial charge in [0, 0.05) is 36.6 Å². The topological polar surface area (TPSA) is 82.8 Å². The molecule has 1 amide bonds. The lowest BCUT2D eigenvalue weighted by atomic mass is 10.1. The zero-order chi connectivity index (χ0) is 25.5. The lowest BCUT2D eigenvalue weighted by Gasteiger charge is -2.15. The molecule has 9 heteroatoms. The maximum absolute atomic E-state index is 12.5. The molecule has 5 rings (SSSR count). The number of aryl methyl sites for hydroxylation is 1. The summed E-state index contributed by atoms with van der Waals surface area (Å²) >= 11 is 9.92. The van der Waals surface area contributed by atoms with Crippen molar-refractivity contribution in [2.45, 2.75) is 43.7 Å². The highest BCUT2D eigenvalue weighted by Crippen LogP contribution is 2.22. The Morgan fingerprint density at radius 1 is 1.25 bits per heavy atom. The molecule has 0 radical (unpaired) electrons. The van der Waals surface area contributed by atoms with E-state index in [4.69, 9.17) is 16.0 Å². The van der Waals surface area contributed by atoms with Crippen LogP contribution in [-0.4, -0.2) is 54.4 Å². The van der Waals surface area contributed by atoms with Crippen LogP contribution in [0.2, 0.25) is 5.02 Å². The molecule has 0 spiro atoms. The Bertz CT molecular complexity index is 1190. The van der Waals surface area contributed by atoms with Crippen LogP contribution in [0, 0.1) is 6.92 Å². The Kier molecular flexibility index (Phi) is 9.07. The van der Waals surface area contributed by atoms with E-state index in [0.717, 1.165) is 46.4 Å². The summed E-state index contributed by atoms with van der Waals surface area (Å²) in [6, 6.07) is 14.6. The van der Waals surface area contributed by atoms with Gasteiger partial charge in [0.25, 0.3) is 5.91 Å². The molecule has 2 N–H and O–H groups in total. The first kappa shape index (κ1) is 26.3. The number of amides is 1. The summed E-state index contributed by atoms with van der Waals surface area (Å²) in [6.07, 6.45) is 4.66. The van der Waals surface area contributed by atoms with Crippen molar-refractivity contribution in [2.75, 3.05) is 26.7 Å². The van der Waals surface area contributed by atoms with Gasteiger partial charge >= 0.3 is 0 Å². The van der Waals surface area contributed by atoms with Gasteiger partial charge in [-0.15, -0.1) is 12.6 Å². The van der Waals surface area contributed by atoms with Crippen molar-refractivity contribution >= 4 is 36.0 Å². The van der Waals surface area contributed by atoms with Crippen molar-refractivity contribution in [2.24, 2.45) is 4.99 Å². The molecule has 1 aromatic heterocycles. The van der Waals surface area contributed by atoms with Crippen LogP contribution in [0.3, 0.4) is 0 Å². The van der Waals surface area contributed by atoms with Crippen LogP contribution < -0.4 is 10.6 Å². The van der Waals surface area contributed by atoms with Gasteiger partial charge in [-0.2, -0.15) is 0 Å². The third-order valence-corrected chi connectivity index (χ3v) is 7.10. The van der Waals surface area contributed by atoms with E-state index in [1.165, 1.54) is 24.7 Å². The maximum Gasteiger partial charge on any atom is 0.275 e. The Morgan fingerprint density at radius 2 is 2.03 bits per heavy atom. The van der Waals surface area contributed by atoms with E-state index in [1.807, 2.05) is 25.1 Å². The Balaban J connectivity index is 0.000000286. The Hall–Kier alpha value is -2.81. The SMILES string of the molecule is CN(CCc1ccc(C2=NCCN2)cc1)C(=O)c1coc(CNC2CC2)n1.Cc1cccc(Cl)c1S. The largest absolute Gasteiger partial charge is 0.447 e. The fourth-order valence-corrected chi connectivity index (χ4v) is 4.02. The van der Waals surface area contributed by atoms with Gasteiger partial charge in [0.15, 0.2) is 5.69 Å². The van der Waals surface area contributed by atoms with Crippen molar-refractivity contribution in [3.63, 3.8) is 0 Å². The second-order valence-electron chi connectivity index (χ2n) is 9.02. The van der Waals surface area contributed by atoms with Gasteiger partial charge in [-0.1, -0.05) is 48.0 Å². The number of oxazole rings is 1. The van der Waals surface area contributed by atoms with Crippen molar-refractivity contribution < 1.29 is 9.21 Å². The van der Waals surface area contributed by atoms with Crippen molar-refractivity contribution in [1.82, 2.24) is 20.5 Å². The van der Waals surface area contributed by atoms with Crippen molar-refractivity contribution in [1.29, 1.82) is 0 Å². The predicted octanol–water partition coefficient (Wildman–Crippen LogP) is 4.53. The van der Waals surface area contributed by atoms with Crippen LogP contribution in [-0.2, 0) is 13.0 Å². The smallest absolute Gasteiger partial charge is 0.275 e.